The molecule has 1 aromatic carbocycles. The predicted molar refractivity (Wildman–Crippen MR) is 101 cm³/mol. The van der Waals surface area contributed by atoms with Gasteiger partial charge in [0, 0.05) is 5.38 Å². The second kappa shape index (κ2) is 8.67. The molecule has 0 spiro atoms. The molecular weight excluding hydrogens is 412 g/mol. The van der Waals surface area contributed by atoms with Gasteiger partial charge in [-0.3, -0.25) is 5.43 Å². The van der Waals surface area contributed by atoms with Crippen molar-refractivity contribution < 1.29 is 19.0 Å². The van der Waals surface area contributed by atoms with Gasteiger partial charge in [-0.25, -0.2) is 9.78 Å². The number of hydrazone groups is 1. The van der Waals surface area contributed by atoms with Gasteiger partial charge in [0.15, 0.2) is 17.6 Å². The van der Waals surface area contributed by atoms with Crippen LogP contribution < -0.4 is 20.6 Å². The molecule has 25 heavy (non-hydrogen) atoms. The van der Waals surface area contributed by atoms with E-state index in [-0.39, 0.29) is 0 Å². The number of hydrogen-bond donors (Lipinski definition) is 2. The van der Waals surface area contributed by atoms with Crippen LogP contribution in [0.2, 0.25) is 0 Å². The third-order valence-corrected chi connectivity index (χ3v) is 4.33. The number of rotatable bonds is 7. The first-order valence-corrected chi connectivity index (χ1v) is 8.74. The molecule has 10 heteroatoms. The Labute approximate surface area is 157 Å². The molecule has 0 radical (unpaired) electrons. The molecular formula is C15H17BrN4O4S. The third kappa shape index (κ3) is 5.07. The average Bonchev–Trinajstić information content (AvgIpc) is 3.01. The topological polar surface area (TPSA) is 108 Å². The summed E-state index contributed by atoms with van der Waals surface area (Å²) in [6.07, 6.45) is 0.824. The predicted octanol–water partition coefficient (Wildman–Crippen LogP) is 2.88. The summed E-state index contributed by atoms with van der Waals surface area (Å²) in [7, 11) is 2.81. The molecule has 0 amide bonds. The molecule has 0 saturated heterocycles. The molecule has 134 valence electrons. The molecule has 2 rings (SSSR count). The van der Waals surface area contributed by atoms with Crippen molar-refractivity contribution in [2.45, 2.75) is 13.0 Å². The van der Waals surface area contributed by atoms with Crippen molar-refractivity contribution in [3.8, 4) is 11.5 Å². The highest BCUT2D eigenvalue weighted by Gasteiger charge is 2.19. The van der Waals surface area contributed by atoms with E-state index in [1.807, 2.05) is 0 Å². The lowest BCUT2D eigenvalue weighted by molar-refractivity contribution is -0.147. The number of halogens is 1. The van der Waals surface area contributed by atoms with Gasteiger partial charge in [0.05, 0.1) is 24.9 Å². The highest BCUT2D eigenvalue weighted by Crippen LogP contribution is 2.37. The van der Waals surface area contributed by atoms with E-state index in [1.54, 1.807) is 30.7 Å². The normalized spacial score (nSPS) is 12.0. The van der Waals surface area contributed by atoms with Gasteiger partial charge in [0.25, 0.3) is 0 Å². The minimum atomic E-state index is -0.772. The van der Waals surface area contributed by atoms with E-state index in [2.05, 4.69) is 36.2 Å². The largest absolute Gasteiger partial charge is 0.493 e. The van der Waals surface area contributed by atoms with E-state index in [9.17, 15) is 4.79 Å². The zero-order valence-corrected chi connectivity index (χ0v) is 16.2. The van der Waals surface area contributed by atoms with Crippen molar-refractivity contribution >= 4 is 50.4 Å². The lowest BCUT2D eigenvalue weighted by Gasteiger charge is -2.17. The maximum Gasteiger partial charge on any atom is 0.346 e. The van der Waals surface area contributed by atoms with Crippen molar-refractivity contribution in [1.82, 2.24) is 4.98 Å². The Morgan fingerprint density at radius 3 is 2.84 bits per heavy atom. The molecule has 1 unspecified atom stereocenters. The van der Waals surface area contributed by atoms with Gasteiger partial charge in [-0.1, -0.05) is 0 Å². The number of esters is 1. The SMILES string of the molecule is COC(=O)C(C)Oc1c(Br)cc(C=NNc2nc(N)cs2)cc1OC. The van der Waals surface area contributed by atoms with E-state index in [1.165, 1.54) is 25.6 Å². The number of anilines is 2. The summed E-state index contributed by atoms with van der Waals surface area (Å²) in [5.74, 6) is 0.808. The van der Waals surface area contributed by atoms with Crippen LogP contribution in [-0.4, -0.2) is 37.5 Å². The number of nitrogens with one attached hydrogen (secondary N) is 1. The Morgan fingerprint density at radius 2 is 2.24 bits per heavy atom. The highest BCUT2D eigenvalue weighted by atomic mass is 79.9. The van der Waals surface area contributed by atoms with Gasteiger partial charge < -0.3 is 19.9 Å². The average molecular weight is 429 g/mol. The summed E-state index contributed by atoms with van der Waals surface area (Å²) in [5, 5.41) is 6.40. The Bertz CT molecular complexity index is 781. The number of methoxy groups -OCH3 is 2. The third-order valence-electron chi connectivity index (χ3n) is 2.98. The van der Waals surface area contributed by atoms with Gasteiger partial charge in [-0.05, 0) is 40.5 Å². The van der Waals surface area contributed by atoms with Gasteiger partial charge in [-0.2, -0.15) is 5.10 Å². The summed E-state index contributed by atoms with van der Waals surface area (Å²) in [4.78, 5) is 15.6. The maximum absolute atomic E-state index is 11.5. The number of nitrogens with zero attached hydrogens (tertiary/aromatic N) is 2. The fourth-order valence-corrected chi connectivity index (χ4v) is 2.92. The quantitative estimate of drug-likeness (QED) is 0.396. The molecule has 0 fully saturated rings. The van der Waals surface area contributed by atoms with Crippen molar-refractivity contribution in [2.24, 2.45) is 5.10 Å². The molecule has 0 saturated carbocycles. The van der Waals surface area contributed by atoms with Gasteiger partial charge >= 0.3 is 5.97 Å². The summed E-state index contributed by atoms with van der Waals surface area (Å²) < 4.78 is 16.2. The number of thiazole rings is 1. The Hall–Kier alpha value is -2.33. The molecule has 0 aliphatic rings. The lowest BCUT2D eigenvalue weighted by atomic mass is 10.2. The van der Waals surface area contributed by atoms with Crippen LogP contribution in [0.25, 0.3) is 0 Å². The number of carbonyl (C=O) groups excluding carboxylic acids is 1. The number of benzene rings is 1. The molecule has 0 aliphatic heterocycles. The molecule has 0 aliphatic carbocycles. The van der Waals surface area contributed by atoms with Crippen LogP contribution in [0, 0.1) is 0 Å². The zero-order valence-electron chi connectivity index (χ0n) is 13.8. The van der Waals surface area contributed by atoms with Crippen LogP contribution in [-0.2, 0) is 9.53 Å². The summed E-state index contributed by atoms with van der Waals surface area (Å²) in [6, 6.07) is 3.51. The van der Waals surface area contributed by atoms with E-state index in [0.717, 1.165) is 5.56 Å². The number of nitrogens with two attached hydrogens (primary N) is 1. The van der Waals surface area contributed by atoms with Crippen molar-refractivity contribution in [3.05, 3.63) is 27.5 Å². The van der Waals surface area contributed by atoms with Crippen LogP contribution >= 0.6 is 27.3 Å². The van der Waals surface area contributed by atoms with Crippen LogP contribution in [0.3, 0.4) is 0 Å². The minimum Gasteiger partial charge on any atom is -0.493 e. The Morgan fingerprint density at radius 1 is 1.48 bits per heavy atom. The number of hydrogen-bond acceptors (Lipinski definition) is 9. The summed E-state index contributed by atoms with van der Waals surface area (Å²) >= 11 is 4.76. The fourth-order valence-electron chi connectivity index (χ4n) is 1.82. The molecule has 8 nitrogen and oxygen atoms in total. The number of aromatic nitrogens is 1. The summed E-state index contributed by atoms with van der Waals surface area (Å²) in [5.41, 5.74) is 9.08. The Balaban J connectivity index is 2.16. The number of ether oxygens (including phenoxy) is 3. The molecule has 1 heterocycles. The number of carbonyl (C=O) groups is 1. The molecule has 3 N–H and O–H groups in total. The minimum absolute atomic E-state index is 0.401. The second-order valence-corrected chi connectivity index (χ2v) is 6.48. The van der Waals surface area contributed by atoms with Gasteiger partial charge in [0.1, 0.15) is 5.82 Å². The van der Waals surface area contributed by atoms with Crippen molar-refractivity contribution in [1.29, 1.82) is 0 Å². The molecule has 1 aromatic heterocycles. The first-order chi connectivity index (χ1) is 11.9. The molecule has 0 bridgehead atoms. The van der Waals surface area contributed by atoms with E-state index in [0.29, 0.717) is 26.9 Å². The molecule has 1 atom stereocenters. The zero-order chi connectivity index (χ0) is 18.4. The van der Waals surface area contributed by atoms with Gasteiger partial charge in [-0.15, -0.1) is 11.3 Å². The van der Waals surface area contributed by atoms with Crippen LogP contribution in [0.5, 0.6) is 11.5 Å². The first kappa shape index (κ1) is 19.0. The maximum atomic E-state index is 11.5. The lowest BCUT2D eigenvalue weighted by Crippen LogP contribution is -2.25. The monoisotopic (exact) mass is 428 g/mol. The van der Waals surface area contributed by atoms with Crippen LogP contribution in [0.4, 0.5) is 10.9 Å². The standard InChI is InChI=1S/C15H17BrN4O4S/c1-8(14(21)23-3)24-13-10(16)4-9(5-11(13)22-2)6-18-20-15-19-12(17)7-25-15/h4-8H,17H2,1-3H3,(H,19,20). The van der Waals surface area contributed by atoms with E-state index < -0.39 is 12.1 Å². The smallest absolute Gasteiger partial charge is 0.346 e. The van der Waals surface area contributed by atoms with Crippen molar-refractivity contribution in [2.75, 3.05) is 25.4 Å². The molecule has 2 aromatic rings. The fraction of sp³-hybridized carbons (Fsp3) is 0.267. The van der Waals surface area contributed by atoms with Gasteiger partial charge in [0.2, 0.25) is 5.13 Å². The first-order valence-electron chi connectivity index (χ1n) is 7.06. The van der Waals surface area contributed by atoms with E-state index >= 15 is 0 Å². The van der Waals surface area contributed by atoms with Crippen LogP contribution in [0.15, 0.2) is 27.1 Å². The Kier molecular flexibility index (Phi) is 6.59. The number of nitrogen functional groups attached to an aromatic ring is 1. The van der Waals surface area contributed by atoms with Crippen LogP contribution in [0.1, 0.15) is 12.5 Å². The van der Waals surface area contributed by atoms with Crippen molar-refractivity contribution in [3.63, 3.8) is 0 Å². The second-order valence-electron chi connectivity index (χ2n) is 4.76. The summed E-state index contributed by atoms with van der Waals surface area (Å²) in [6.45, 7) is 1.59. The van der Waals surface area contributed by atoms with E-state index in [4.69, 9.17) is 15.2 Å². The highest BCUT2D eigenvalue weighted by molar-refractivity contribution is 9.10.